The Bertz CT molecular complexity index is 451. The van der Waals surface area contributed by atoms with E-state index in [1.807, 2.05) is 0 Å². The molecule has 1 aliphatic rings. The van der Waals surface area contributed by atoms with Crippen molar-refractivity contribution in [3.63, 3.8) is 0 Å². The van der Waals surface area contributed by atoms with Gasteiger partial charge in [0.05, 0.1) is 5.69 Å². The van der Waals surface area contributed by atoms with Gasteiger partial charge in [-0.25, -0.2) is 9.97 Å². The number of anilines is 1. The molecule has 0 aliphatic carbocycles. The number of aryl methyl sites for hydroxylation is 1. The molecule has 0 atom stereocenters. The minimum Gasteiger partial charge on any atom is -0.355 e. The Hall–Kier alpha value is -1.07. The molecule has 1 N–H and O–H groups in total. The van der Waals surface area contributed by atoms with Gasteiger partial charge in [-0.15, -0.1) is 11.8 Å². The van der Waals surface area contributed by atoms with Crippen molar-refractivity contribution in [2.75, 3.05) is 37.3 Å². The highest BCUT2D eigenvalue weighted by Gasteiger charge is 2.15. The highest BCUT2D eigenvalue weighted by molar-refractivity contribution is 8.02. The van der Waals surface area contributed by atoms with Crippen LogP contribution in [0.15, 0.2) is 11.2 Å². The molecule has 0 spiro atoms. The summed E-state index contributed by atoms with van der Waals surface area (Å²) >= 11 is 1.76. The van der Waals surface area contributed by atoms with Gasteiger partial charge in [0.25, 0.3) is 0 Å². The maximum atomic E-state index is 4.53. The summed E-state index contributed by atoms with van der Waals surface area (Å²) in [7, 11) is 0. The lowest BCUT2D eigenvalue weighted by Crippen LogP contribution is -2.29. The summed E-state index contributed by atoms with van der Waals surface area (Å²) in [6.45, 7) is 8.37. The lowest BCUT2D eigenvalue weighted by atomic mass is 10.2. The number of nitrogens with one attached hydrogen (secondary N) is 1. The van der Waals surface area contributed by atoms with Crippen LogP contribution in [0.25, 0.3) is 6.08 Å². The van der Waals surface area contributed by atoms with Crippen LogP contribution in [0.4, 0.5) is 5.82 Å². The Labute approximate surface area is 119 Å². The van der Waals surface area contributed by atoms with Crippen LogP contribution in [0, 0.1) is 6.92 Å². The molecule has 0 saturated carbocycles. The van der Waals surface area contributed by atoms with E-state index in [2.05, 4.69) is 46.4 Å². The van der Waals surface area contributed by atoms with Crippen molar-refractivity contribution in [2.45, 2.75) is 20.3 Å². The third-order valence-electron chi connectivity index (χ3n) is 3.37. The zero-order chi connectivity index (χ0) is 13.7. The van der Waals surface area contributed by atoms with E-state index in [9.17, 15) is 0 Å². The molecule has 1 aliphatic heterocycles. The van der Waals surface area contributed by atoms with Crippen molar-refractivity contribution >= 4 is 23.7 Å². The Balaban J connectivity index is 2.35. The predicted octanol–water partition coefficient (Wildman–Crippen LogP) is 2.31. The van der Waals surface area contributed by atoms with Crippen LogP contribution in [0.2, 0.25) is 0 Å². The van der Waals surface area contributed by atoms with Gasteiger partial charge in [-0.2, -0.15) is 0 Å². The first-order valence-corrected chi connectivity index (χ1v) is 7.94. The van der Waals surface area contributed by atoms with Crippen LogP contribution < -0.4 is 10.2 Å². The monoisotopic (exact) mass is 278 g/mol. The minimum absolute atomic E-state index is 1.01. The van der Waals surface area contributed by atoms with E-state index in [4.69, 9.17) is 0 Å². The lowest BCUT2D eigenvalue weighted by molar-refractivity contribution is 0.724. The molecule has 1 aromatic rings. The summed E-state index contributed by atoms with van der Waals surface area (Å²) in [5, 5.41) is 3.43. The van der Waals surface area contributed by atoms with Gasteiger partial charge in [0.1, 0.15) is 12.1 Å². The van der Waals surface area contributed by atoms with E-state index in [1.165, 1.54) is 4.91 Å². The van der Waals surface area contributed by atoms with Gasteiger partial charge in [-0.3, -0.25) is 0 Å². The van der Waals surface area contributed by atoms with Crippen molar-refractivity contribution in [3.8, 4) is 0 Å². The molecule has 1 aromatic heterocycles. The van der Waals surface area contributed by atoms with Crippen molar-refractivity contribution < 1.29 is 0 Å². The van der Waals surface area contributed by atoms with Crippen molar-refractivity contribution in [3.05, 3.63) is 22.5 Å². The van der Waals surface area contributed by atoms with Crippen LogP contribution in [-0.4, -0.2) is 42.4 Å². The predicted molar refractivity (Wildman–Crippen MR) is 83.6 cm³/mol. The van der Waals surface area contributed by atoms with Gasteiger partial charge in [-0.05, 0) is 44.0 Å². The Morgan fingerprint density at radius 2 is 2.21 bits per heavy atom. The number of aromatic nitrogens is 2. The zero-order valence-corrected chi connectivity index (χ0v) is 12.8. The Kier molecular flexibility index (Phi) is 5.22. The van der Waals surface area contributed by atoms with Crippen molar-refractivity contribution in [1.82, 2.24) is 15.3 Å². The van der Waals surface area contributed by atoms with Crippen LogP contribution in [-0.2, 0) is 0 Å². The highest BCUT2D eigenvalue weighted by Crippen LogP contribution is 2.25. The SMILES string of the molecule is CS/C(C)=C\c1c(C)ncnc1N1CCCNCC1. The van der Waals surface area contributed by atoms with Gasteiger partial charge >= 0.3 is 0 Å². The molecule has 19 heavy (non-hydrogen) atoms. The maximum absolute atomic E-state index is 4.53. The average Bonchev–Trinajstić information content (AvgIpc) is 2.69. The first kappa shape index (κ1) is 14.3. The standard InChI is InChI=1S/C14H22N4S/c1-11(19-3)9-13-12(2)16-10-17-14(13)18-7-4-5-15-6-8-18/h9-10,15H,4-8H2,1-3H3/b11-9-. The van der Waals surface area contributed by atoms with Gasteiger partial charge in [0, 0.05) is 25.2 Å². The van der Waals surface area contributed by atoms with Gasteiger partial charge in [-0.1, -0.05) is 0 Å². The molecule has 5 heteroatoms. The van der Waals surface area contributed by atoms with E-state index in [-0.39, 0.29) is 0 Å². The summed E-state index contributed by atoms with van der Waals surface area (Å²) in [5.41, 5.74) is 2.21. The average molecular weight is 278 g/mol. The number of hydrogen-bond donors (Lipinski definition) is 1. The molecule has 2 heterocycles. The number of allylic oxidation sites excluding steroid dienone is 1. The van der Waals surface area contributed by atoms with Gasteiger partial charge < -0.3 is 10.2 Å². The molecule has 1 fully saturated rings. The molecule has 2 rings (SSSR count). The van der Waals surface area contributed by atoms with Gasteiger partial charge in [0.15, 0.2) is 0 Å². The number of thioether (sulfide) groups is 1. The van der Waals surface area contributed by atoms with E-state index in [1.54, 1.807) is 18.1 Å². The second kappa shape index (κ2) is 6.91. The molecule has 4 nitrogen and oxygen atoms in total. The molecule has 104 valence electrons. The highest BCUT2D eigenvalue weighted by atomic mass is 32.2. The summed E-state index contributed by atoms with van der Waals surface area (Å²) in [6.07, 6.45) is 7.14. The topological polar surface area (TPSA) is 41.1 Å². The van der Waals surface area contributed by atoms with E-state index >= 15 is 0 Å². The second-order valence-corrected chi connectivity index (χ2v) is 5.80. The fourth-order valence-corrected chi connectivity index (χ4v) is 2.45. The molecule has 0 amide bonds. The molecular weight excluding hydrogens is 256 g/mol. The smallest absolute Gasteiger partial charge is 0.139 e. The molecule has 1 saturated heterocycles. The quantitative estimate of drug-likeness (QED) is 0.919. The number of nitrogens with zero attached hydrogens (tertiary/aromatic N) is 3. The van der Waals surface area contributed by atoms with Crippen LogP contribution in [0.5, 0.6) is 0 Å². The fourth-order valence-electron chi connectivity index (χ4n) is 2.21. The molecule has 0 radical (unpaired) electrons. The van der Waals surface area contributed by atoms with E-state index in [0.29, 0.717) is 0 Å². The summed E-state index contributed by atoms with van der Waals surface area (Å²) in [5.74, 6) is 1.07. The largest absolute Gasteiger partial charge is 0.355 e. The summed E-state index contributed by atoms with van der Waals surface area (Å²) in [4.78, 5) is 12.5. The van der Waals surface area contributed by atoms with Gasteiger partial charge in [0.2, 0.25) is 0 Å². The molecule has 0 bridgehead atoms. The lowest BCUT2D eigenvalue weighted by Gasteiger charge is -2.23. The second-order valence-electron chi connectivity index (χ2n) is 4.75. The van der Waals surface area contributed by atoms with E-state index < -0.39 is 0 Å². The number of hydrogen-bond acceptors (Lipinski definition) is 5. The molecular formula is C14H22N4S. The van der Waals surface area contributed by atoms with Crippen molar-refractivity contribution in [1.29, 1.82) is 0 Å². The van der Waals surface area contributed by atoms with Crippen LogP contribution in [0.3, 0.4) is 0 Å². The zero-order valence-electron chi connectivity index (χ0n) is 11.9. The number of rotatable bonds is 3. The Morgan fingerprint density at radius 3 is 3.00 bits per heavy atom. The Morgan fingerprint density at radius 1 is 1.37 bits per heavy atom. The normalized spacial score (nSPS) is 17.4. The minimum atomic E-state index is 1.01. The maximum Gasteiger partial charge on any atom is 0.139 e. The molecule has 0 unspecified atom stereocenters. The first-order valence-electron chi connectivity index (χ1n) is 6.72. The van der Waals surface area contributed by atoms with Crippen LogP contribution >= 0.6 is 11.8 Å². The summed E-state index contributed by atoms with van der Waals surface area (Å²) in [6, 6.07) is 0. The van der Waals surface area contributed by atoms with E-state index in [0.717, 1.165) is 49.7 Å². The fraction of sp³-hybridized carbons (Fsp3) is 0.571. The first-order chi connectivity index (χ1) is 9.22. The van der Waals surface area contributed by atoms with Crippen LogP contribution in [0.1, 0.15) is 24.6 Å². The third-order valence-corrected chi connectivity index (χ3v) is 4.13. The third kappa shape index (κ3) is 3.70. The molecule has 0 aromatic carbocycles. The van der Waals surface area contributed by atoms with Crippen molar-refractivity contribution in [2.24, 2.45) is 0 Å². The summed E-state index contributed by atoms with van der Waals surface area (Å²) < 4.78 is 0.